The predicted molar refractivity (Wildman–Crippen MR) is 54.2 cm³/mol. The number of hydrogen-bond donors (Lipinski definition) is 0. The summed E-state index contributed by atoms with van der Waals surface area (Å²) in [5.41, 5.74) is -1.98. The number of alkyl halides is 2. The van der Waals surface area contributed by atoms with Crippen LogP contribution < -0.4 is 0 Å². The average Bonchev–Trinajstić information content (AvgIpc) is 2.29. The third kappa shape index (κ3) is 2.97. The van der Waals surface area contributed by atoms with E-state index in [1.54, 1.807) is 6.92 Å². The van der Waals surface area contributed by atoms with E-state index in [4.69, 9.17) is 5.26 Å². The molecule has 0 saturated heterocycles. The lowest BCUT2D eigenvalue weighted by atomic mass is 10.1. The number of carbonyl (C=O) groups is 1. The topological polar surface area (TPSA) is 63.0 Å². The van der Waals surface area contributed by atoms with Crippen LogP contribution in [0, 0.1) is 17.1 Å². The van der Waals surface area contributed by atoms with Crippen molar-refractivity contribution in [2.45, 2.75) is 19.8 Å². The van der Waals surface area contributed by atoms with Crippen LogP contribution >= 0.6 is 0 Å². The van der Waals surface area contributed by atoms with Gasteiger partial charge in [-0.25, -0.2) is 18.2 Å². The van der Waals surface area contributed by atoms with Gasteiger partial charge in [0.25, 0.3) is 6.43 Å². The molecule has 1 heterocycles. The molecule has 0 atom stereocenters. The normalized spacial score (nSPS) is 10.2. The standard InChI is InChI=1S/C11H9F3N2O2/c1-2-18-8(17)3-6-5-16-7(4-15)10(12)9(6)11(13)14/h5,11H,2-3H2,1H3. The second-order valence-electron chi connectivity index (χ2n) is 3.25. The molecule has 0 spiro atoms. The number of esters is 1. The Morgan fingerprint density at radius 3 is 2.78 bits per heavy atom. The van der Waals surface area contributed by atoms with E-state index >= 15 is 0 Å². The van der Waals surface area contributed by atoms with E-state index in [9.17, 15) is 18.0 Å². The van der Waals surface area contributed by atoms with Crippen molar-refractivity contribution in [1.29, 1.82) is 5.26 Å². The van der Waals surface area contributed by atoms with E-state index in [1.165, 1.54) is 6.07 Å². The molecule has 0 radical (unpaired) electrons. The fraction of sp³-hybridized carbons (Fsp3) is 0.364. The molecule has 1 aromatic heterocycles. The summed E-state index contributed by atoms with van der Waals surface area (Å²) >= 11 is 0. The van der Waals surface area contributed by atoms with Crippen molar-refractivity contribution in [3.63, 3.8) is 0 Å². The van der Waals surface area contributed by atoms with Crippen LogP contribution in [0.5, 0.6) is 0 Å². The minimum atomic E-state index is -3.13. The van der Waals surface area contributed by atoms with Crippen LogP contribution in [0.2, 0.25) is 0 Å². The molecule has 0 amide bonds. The van der Waals surface area contributed by atoms with Crippen molar-refractivity contribution in [2.24, 2.45) is 0 Å². The molecule has 0 aliphatic rings. The monoisotopic (exact) mass is 258 g/mol. The molecule has 0 aromatic carbocycles. The largest absolute Gasteiger partial charge is 0.466 e. The Bertz CT molecular complexity index is 498. The van der Waals surface area contributed by atoms with Gasteiger partial charge in [0.05, 0.1) is 18.6 Å². The Hall–Kier alpha value is -2.10. The molecule has 0 unspecified atom stereocenters. The summed E-state index contributed by atoms with van der Waals surface area (Å²) in [5, 5.41) is 8.49. The van der Waals surface area contributed by atoms with Gasteiger partial charge in [-0.15, -0.1) is 0 Å². The van der Waals surface area contributed by atoms with Gasteiger partial charge in [-0.05, 0) is 12.5 Å². The lowest BCUT2D eigenvalue weighted by Crippen LogP contribution is -2.12. The van der Waals surface area contributed by atoms with E-state index in [-0.39, 0.29) is 12.2 Å². The van der Waals surface area contributed by atoms with Crippen LogP contribution in [-0.4, -0.2) is 17.6 Å². The highest BCUT2D eigenvalue weighted by atomic mass is 19.3. The highest BCUT2D eigenvalue weighted by Gasteiger charge is 2.23. The molecule has 0 aliphatic carbocycles. The van der Waals surface area contributed by atoms with E-state index in [0.29, 0.717) is 0 Å². The van der Waals surface area contributed by atoms with Crippen molar-refractivity contribution in [3.05, 3.63) is 28.8 Å². The van der Waals surface area contributed by atoms with Gasteiger partial charge in [-0.2, -0.15) is 5.26 Å². The van der Waals surface area contributed by atoms with Crippen molar-refractivity contribution >= 4 is 5.97 Å². The van der Waals surface area contributed by atoms with Crippen LogP contribution in [-0.2, 0) is 16.0 Å². The molecular weight excluding hydrogens is 249 g/mol. The SMILES string of the molecule is CCOC(=O)Cc1cnc(C#N)c(F)c1C(F)F. The molecule has 18 heavy (non-hydrogen) atoms. The number of halogens is 3. The first kappa shape index (κ1) is 14.0. The minimum absolute atomic E-state index is 0.0923. The van der Waals surface area contributed by atoms with Crippen molar-refractivity contribution < 1.29 is 22.7 Å². The molecule has 0 N–H and O–H groups in total. The summed E-state index contributed by atoms with van der Waals surface area (Å²) in [5.74, 6) is -2.15. The van der Waals surface area contributed by atoms with Crippen molar-refractivity contribution in [3.8, 4) is 6.07 Å². The Balaban J connectivity index is 3.17. The Morgan fingerprint density at radius 2 is 2.28 bits per heavy atom. The second-order valence-corrected chi connectivity index (χ2v) is 3.25. The molecule has 0 saturated carbocycles. The van der Waals surface area contributed by atoms with E-state index in [2.05, 4.69) is 9.72 Å². The minimum Gasteiger partial charge on any atom is -0.466 e. The summed E-state index contributed by atoms with van der Waals surface area (Å²) in [7, 11) is 0. The van der Waals surface area contributed by atoms with Gasteiger partial charge < -0.3 is 4.74 Å². The van der Waals surface area contributed by atoms with Gasteiger partial charge in [0.15, 0.2) is 11.5 Å². The number of pyridine rings is 1. The Morgan fingerprint density at radius 1 is 1.61 bits per heavy atom. The summed E-state index contributed by atoms with van der Waals surface area (Å²) in [6, 6.07) is 1.36. The smallest absolute Gasteiger partial charge is 0.310 e. The average molecular weight is 258 g/mol. The molecular formula is C11H9F3N2O2. The molecule has 1 rings (SSSR count). The van der Waals surface area contributed by atoms with E-state index in [0.717, 1.165) is 6.20 Å². The zero-order valence-corrected chi connectivity index (χ0v) is 9.41. The number of nitrogens with zero attached hydrogens (tertiary/aromatic N) is 2. The van der Waals surface area contributed by atoms with Crippen molar-refractivity contribution in [1.82, 2.24) is 4.98 Å². The maximum absolute atomic E-state index is 13.5. The van der Waals surface area contributed by atoms with Crippen LogP contribution in [0.4, 0.5) is 13.2 Å². The molecule has 0 fully saturated rings. The highest BCUT2D eigenvalue weighted by molar-refractivity contribution is 5.73. The maximum atomic E-state index is 13.5. The zero-order valence-electron chi connectivity index (χ0n) is 9.41. The van der Waals surface area contributed by atoms with Crippen molar-refractivity contribution in [2.75, 3.05) is 6.61 Å². The van der Waals surface area contributed by atoms with Gasteiger partial charge in [-0.3, -0.25) is 4.79 Å². The third-order valence-corrected chi connectivity index (χ3v) is 2.10. The van der Waals surface area contributed by atoms with Crippen LogP contribution in [0.3, 0.4) is 0 Å². The lowest BCUT2D eigenvalue weighted by Gasteiger charge is -2.09. The summed E-state index contributed by atoms with van der Waals surface area (Å²) in [4.78, 5) is 14.5. The number of aromatic nitrogens is 1. The highest BCUT2D eigenvalue weighted by Crippen LogP contribution is 2.27. The summed E-state index contributed by atoms with van der Waals surface area (Å²) in [6.07, 6.45) is -2.76. The first-order valence-corrected chi connectivity index (χ1v) is 5.02. The summed E-state index contributed by atoms with van der Waals surface area (Å²) in [6.45, 7) is 1.65. The molecule has 0 bridgehead atoms. The van der Waals surface area contributed by atoms with Crippen LogP contribution in [0.1, 0.15) is 30.2 Å². The van der Waals surface area contributed by atoms with Gasteiger partial charge >= 0.3 is 5.97 Å². The van der Waals surface area contributed by atoms with Gasteiger partial charge in [-0.1, -0.05) is 0 Å². The zero-order chi connectivity index (χ0) is 13.7. The quantitative estimate of drug-likeness (QED) is 0.776. The number of ether oxygens (including phenoxy) is 1. The third-order valence-electron chi connectivity index (χ3n) is 2.10. The number of carbonyl (C=O) groups excluding carboxylic acids is 1. The lowest BCUT2D eigenvalue weighted by molar-refractivity contribution is -0.142. The molecule has 0 aliphatic heterocycles. The molecule has 4 nitrogen and oxygen atoms in total. The van der Waals surface area contributed by atoms with Crippen LogP contribution in [0.25, 0.3) is 0 Å². The first-order valence-electron chi connectivity index (χ1n) is 5.02. The Kier molecular flexibility index (Phi) is 4.66. The molecule has 7 heteroatoms. The second kappa shape index (κ2) is 6.00. The number of rotatable bonds is 4. The van der Waals surface area contributed by atoms with Gasteiger partial charge in [0.2, 0.25) is 0 Å². The van der Waals surface area contributed by atoms with E-state index in [1.807, 2.05) is 0 Å². The molecule has 96 valence electrons. The predicted octanol–water partition coefficient (Wildman–Crippen LogP) is 2.14. The fourth-order valence-electron chi connectivity index (χ4n) is 1.36. The maximum Gasteiger partial charge on any atom is 0.310 e. The molecule has 1 aromatic rings. The van der Waals surface area contributed by atoms with Crippen LogP contribution in [0.15, 0.2) is 6.20 Å². The fourth-order valence-corrected chi connectivity index (χ4v) is 1.36. The van der Waals surface area contributed by atoms with E-state index < -0.39 is 35.9 Å². The summed E-state index contributed by atoms with van der Waals surface area (Å²) < 4.78 is 43.5. The number of nitriles is 1. The number of hydrogen-bond acceptors (Lipinski definition) is 4. The Labute approximate surface area is 101 Å². The van der Waals surface area contributed by atoms with Gasteiger partial charge in [0, 0.05) is 6.20 Å². The first-order chi connectivity index (χ1) is 8.51. The van der Waals surface area contributed by atoms with Gasteiger partial charge in [0.1, 0.15) is 6.07 Å².